The van der Waals surface area contributed by atoms with Crippen molar-refractivity contribution in [2.75, 3.05) is 19.7 Å². The molecular formula is C28H34N2O6. The van der Waals surface area contributed by atoms with Crippen LogP contribution in [-0.4, -0.2) is 53.7 Å². The van der Waals surface area contributed by atoms with Crippen molar-refractivity contribution < 1.29 is 29.0 Å². The van der Waals surface area contributed by atoms with E-state index in [1.54, 1.807) is 29.2 Å². The Morgan fingerprint density at radius 2 is 1.56 bits per heavy atom. The monoisotopic (exact) mass is 494 g/mol. The first-order chi connectivity index (χ1) is 17.5. The van der Waals surface area contributed by atoms with Crippen molar-refractivity contribution in [3.05, 3.63) is 65.7 Å². The highest BCUT2D eigenvalue weighted by Crippen LogP contribution is 2.25. The third-order valence-electron chi connectivity index (χ3n) is 7.09. The molecule has 2 amide bonds. The van der Waals surface area contributed by atoms with Gasteiger partial charge in [-0.25, -0.2) is 4.79 Å². The summed E-state index contributed by atoms with van der Waals surface area (Å²) in [7, 11) is 0. The van der Waals surface area contributed by atoms with Crippen molar-refractivity contribution in [2.45, 2.75) is 51.2 Å². The molecule has 2 aromatic rings. The number of nitrogens with one attached hydrogen (secondary N) is 1. The molecular weight excluding hydrogens is 460 g/mol. The van der Waals surface area contributed by atoms with Crippen molar-refractivity contribution in [1.29, 1.82) is 0 Å². The lowest BCUT2D eigenvalue weighted by molar-refractivity contribution is -0.142. The van der Waals surface area contributed by atoms with Crippen LogP contribution in [0.3, 0.4) is 0 Å². The molecule has 4 rings (SSSR count). The van der Waals surface area contributed by atoms with Crippen molar-refractivity contribution in [1.82, 2.24) is 10.2 Å². The molecule has 2 aliphatic rings. The van der Waals surface area contributed by atoms with Crippen LogP contribution in [0.15, 0.2) is 54.6 Å². The number of carbonyl (C=O) groups is 3. The Morgan fingerprint density at radius 1 is 0.889 bits per heavy atom. The van der Waals surface area contributed by atoms with Gasteiger partial charge in [0.25, 0.3) is 5.91 Å². The first-order valence-electron chi connectivity index (χ1n) is 12.7. The van der Waals surface area contributed by atoms with E-state index in [0.717, 1.165) is 18.4 Å². The summed E-state index contributed by atoms with van der Waals surface area (Å²) in [6.45, 7) is 2.14. The maximum absolute atomic E-state index is 12.5. The number of ether oxygens (including phenoxy) is 2. The van der Waals surface area contributed by atoms with Gasteiger partial charge in [-0.3, -0.25) is 9.59 Å². The highest BCUT2D eigenvalue weighted by atomic mass is 16.6. The van der Waals surface area contributed by atoms with Gasteiger partial charge in [-0.05, 0) is 74.3 Å². The number of rotatable bonds is 8. The van der Waals surface area contributed by atoms with Crippen LogP contribution in [0.4, 0.5) is 4.79 Å². The van der Waals surface area contributed by atoms with Crippen LogP contribution in [-0.2, 0) is 16.1 Å². The number of carboxylic acid groups (broad SMARTS) is 1. The van der Waals surface area contributed by atoms with Crippen LogP contribution >= 0.6 is 0 Å². The number of carboxylic acids is 1. The van der Waals surface area contributed by atoms with E-state index in [-0.39, 0.29) is 30.6 Å². The minimum absolute atomic E-state index is 0.0190. The summed E-state index contributed by atoms with van der Waals surface area (Å²) in [5.41, 5.74) is 1.53. The molecule has 192 valence electrons. The Morgan fingerprint density at radius 3 is 2.19 bits per heavy atom. The molecule has 2 aromatic carbocycles. The Kier molecular flexibility index (Phi) is 8.81. The van der Waals surface area contributed by atoms with Crippen molar-refractivity contribution in [2.24, 2.45) is 11.8 Å². The fraction of sp³-hybridized carbons (Fsp3) is 0.464. The van der Waals surface area contributed by atoms with Gasteiger partial charge in [0.15, 0.2) is 0 Å². The maximum atomic E-state index is 12.5. The van der Waals surface area contributed by atoms with Gasteiger partial charge >= 0.3 is 12.1 Å². The topological polar surface area (TPSA) is 105 Å². The molecule has 36 heavy (non-hydrogen) atoms. The number of nitrogens with zero attached hydrogens (tertiary/aromatic N) is 1. The smallest absolute Gasteiger partial charge is 0.410 e. The fourth-order valence-corrected chi connectivity index (χ4v) is 4.76. The van der Waals surface area contributed by atoms with Gasteiger partial charge in [0, 0.05) is 24.7 Å². The molecule has 8 nitrogen and oxygen atoms in total. The minimum atomic E-state index is -0.748. The van der Waals surface area contributed by atoms with E-state index >= 15 is 0 Å². The molecule has 2 fully saturated rings. The molecule has 0 atom stereocenters. The quantitative estimate of drug-likeness (QED) is 0.560. The Hall–Kier alpha value is -3.55. The van der Waals surface area contributed by atoms with Gasteiger partial charge in [-0.2, -0.15) is 0 Å². The van der Waals surface area contributed by atoms with E-state index in [1.165, 1.54) is 0 Å². The van der Waals surface area contributed by atoms with Gasteiger partial charge < -0.3 is 24.8 Å². The van der Waals surface area contributed by atoms with Crippen LogP contribution in [0.5, 0.6) is 5.75 Å². The lowest BCUT2D eigenvalue weighted by Crippen LogP contribution is -2.40. The molecule has 1 saturated carbocycles. The van der Waals surface area contributed by atoms with Gasteiger partial charge in [-0.15, -0.1) is 0 Å². The maximum Gasteiger partial charge on any atom is 0.410 e. The van der Waals surface area contributed by atoms with E-state index in [9.17, 15) is 14.4 Å². The van der Waals surface area contributed by atoms with E-state index in [2.05, 4.69) is 5.32 Å². The summed E-state index contributed by atoms with van der Waals surface area (Å²) in [4.78, 5) is 37.7. The molecule has 2 N–H and O–H groups in total. The standard InChI is InChI=1S/C28H34N2O6/c31-26(29-24-10-6-23(7-11-24)27(32)33)22-8-12-25(13-9-22)35-18-21-14-16-30(17-15-21)28(34)36-19-20-4-2-1-3-5-20/h1-5,8-9,12-13,21,23-24H,6-7,10-11,14-19H2,(H,29,31)(H,32,33)/t23-,24-. The van der Waals surface area contributed by atoms with Crippen LogP contribution in [0, 0.1) is 11.8 Å². The Labute approximate surface area is 211 Å². The summed E-state index contributed by atoms with van der Waals surface area (Å²) in [6.07, 6.45) is 4.00. The van der Waals surface area contributed by atoms with Gasteiger partial charge in [0.1, 0.15) is 12.4 Å². The van der Waals surface area contributed by atoms with Crippen molar-refractivity contribution in [3.63, 3.8) is 0 Å². The van der Waals surface area contributed by atoms with Crippen molar-refractivity contribution >= 4 is 18.0 Å². The number of hydrogen-bond donors (Lipinski definition) is 2. The van der Waals surface area contributed by atoms with Crippen LogP contribution < -0.4 is 10.1 Å². The number of aliphatic carboxylic acids is 1. The lowest BCUT2D eigenvalue weighted by atomic mass is 9.86. The van der Waals surface area contributed by atoms with E-state index in [1.807, 2.05) is 30.3 Å². The summed E-state index contributed by atoms with van der Waals surface area (Å²) >= 11 is 0. The largest absolute Gasteiger partial charge is 0.493 e. The van der Waals surface area contributed by atoms with E-state index in [0.29, 0.717) is 62.6 Å². The molecule has 1 saturated heterocycles. The zero-order valence-corrected chi connectivity index (χ0v) is 20.4. The second-order valence-corrected chi connectivity index (χ2v) is 9.67. The fourth-order valence-electron chi connectivity index (χ4n) is 4.76. The zero-order valence-electron chi connectivity index (χ0n) is 20.4. The SMILES string of the molecule is O=C(N[C@H]1CC[C@H](C(=O)O)CC1)c1ccc(OCC2CCN(C(=O)OCc3ccccc3)CC2)cc1. The Balaban J connectivity index is 1.14. The Bertz CT molecular complexity index is 1010. The number of hydrogen-bond acceptors (Lipinski definition) is 5. The van der Waals surface area contributed by atoms with E-state index in [4.69, 9.17) is 14.6 Å². The highest BCUT2D eigenvalue weighted by Gasteiger charge is 2.27. The number of amides is 2. The first kappa shape index (κ1) is 25.5. The summed E-state index contributed by atoms with van der Waals surface area (Å²) in [6, 6.07) is 16.8. The number of benzene rings is 2. The molecule has 1 heterocycles. The minimum Gasteiger partial charge on any atom is -0.493 e. The van der Waals surface area contributed by atoms with Crippen LogP contribution in [0.25, 0.3) is 0 Å². The number of piperidine rings is 1. The molecule has 0 radical (unpaired) electrons. The number of carbonyl (C=O) groups excluding carboxylic acids is 2. The molecule has 0 bridgehead atoms. The average molecular weight is 495 g/mol. The van der Waals surface area contributed by atoms with Gasteiger partial charge in [-0.1, -0.05) is 30.3 Å². The molecule has 8 heteroatoms. The zero-order chi connectivity index (χ0) is 25.3. The van der Waals surface area contributed by atoms with Crippen LogP contribution in [0.1, 0.15) is 54.4 Å². The third-order valence-corrected chi connectivity index (χ3v) is 7.09. The second-order valence-electron chi connectivity index (χ2n) is 9.67. The van der Waals surface area contributed by atoms with Gasteiger partial charge in [0.05, 0.1) is 12.5 Å². The normalized spacial score (nSPS) is 20.4. The van der Waals surface area contributed by atoms with E-state index < -0.39 is 5.97 Å². The van der Waals surface area contributed by atoms with Crippen LogP contribution in [0.2, 0.25) is 0 Å². The number of likely N-dealkylation sites (tertiary alicyclic amines) is 1. The molecule has 0 unspecified atom stereocenters. The molecule has 0 aromatic heterocycles. The lowest BCUT2D eigenvalue weighted by Gasteiger charge is -2.31. The van der Waals surface area contributed by atoms with Gasteiger partial charge in [0.2, 0.25) is 0 Å². The summed E-state index contributed by atoms with van der Waals surface area (Å²) < 4.78 is 11.4. The average Bonchev–Trinajstić information content (AvgIpc) is 2.92. The molecule has 0 spiro atoms. The second kappa shape index (κ2) is 12.4. The third kappa shape index (κ3) is 7.23. The first-order valence-corrected chi connectivity index (χ1v) is 12.7. The molecule has 1 aliphatic carbocycles. The summed E-state index contributed by atoms with van der Waals surface area (Å²) in [5.74, 6) is -0.130. The van der Waals surface area contributed by atoms with Crippen molar-refractivity contribution in [3.8, 4) is 5.75 Å². The molecule has 1 aliphatic heterocycles. The predicted octanol–water partition coefficient (Wildman–Crippen LogP) is 4.49. The summed E-state index contributed by atoms with van der Waals surface area (Å²) in [5, 5.41) is 12.1. The predicted molar refractivity (Wildman–Crippen MR) is 134 cm³/mol. The highest BCUT2D eigenvalue weighted by molar-refractivity contribution is 5.94.